The van der Waals surface area contributed by atoms with Crippen LogP contribution < -0.4 is 14.9 Å². The average Bonchev–Trinajstić information content (AvgIpc) is 2.68. The van der Waals surface area contributed by atoms with Gasteiger partial charge in [-0.2, -0.15) is 5.10 Å². The van der Waals surface area contributed by atoms with Crippen LogP contribution in [0.5, 0.6) is 17.2 Å². The molecule has 0 bridgehead atoms. The lowest BCUT2D eigenvalue weighted by molar-refractivity contribution is 0.0952. The summed E-state index contributed by atoms with van der Waals surface area (Å²) in [7, 11) is 1.49. The fraction of sp³-hybridized carbons (Fsp3) is 0.182. The lowest BCUT2D eigenvalue weighted by atomic mass is 10.0. The number of nitrogens with one attached hydrogen (secondary N) is 1. The van der Waals surface area contributed by atoms with E-state index >= 15 is 0 Å². The van der Waals surface area contributed by atoms with E-state index in [1.807, 2.05) is 50.2 Å². The molecule has 0 unspecified atom stereocenters. The van der Waals surface area contributed by atoms with Crippen LogP contribution in [0, 0.1) is 0 Å². The van der Waals surface area contributed by atoms with Gasteiger partial charge in [0.2, 0.25) is 0 Å². The summed E-state index contributed by atoms with van der Waals surface area (Å²) in [6, 6.07) is 16.2. The molecule has 6 heteroatoms. The van der Waals surface area contributed by atoms with E-state index in [1.165, 1.54) is 19.2 Å². The number of fused-ring (bicyclic) bond motifs is 1. The first kappa shape index (κ1) is 19.2. The molecule has 0 radical (unpaired) electrons. The molecule has 3 rings (SSSR count). The number of rotatable bonds is 6. The smallest absolute Gasteiger partial charge is 0.275 e. The second-order valence-corrected chi connectivity index (χ2v) is 6.45. The van der Waals surface area contributed by atoms with Gasteiger partial charge in [0.25, 0.3) is 5.91 Å². The van der Waals surface area contributed by atoms with Gasteiger partial charge in [0.15, 0.2) is 0 Å². The fourth-order valence-electron chi connectivity index (χ4n) is 2.81. The Bertz CT molecular complexity index is 1030. The van der Waals surface area contributed by atoms with Crippen LogP contribution >= 0.6 is 0 Å². The number of hydrogen-bond acceptors (Lipinski definition) is 5. The van der Waals surface area contributed by atoms with Crippen molar-refractivity contribution in [2.45, 2.75) is 20.0 Å². The van der Waals surface area contributed by atoms with E-state index in [-0.39, 0.29) is 17.4 Å². The summed E-state index contributed by atoms with van der Waals surface area (Å²) < 4.78 is 10.9. The molecule has 1 amide bonds. The van der Waals surface area contributed by atoms with Crippen LogP contribution in [0.2, 0.25) is 0 Å². The Morgan fingerprint density at radius 3 is 2.64 bits per heavy atom. The van der Waals surface area contributed by atoms with Gasteiger partial charge >= 0.3 is 0 Å². The molecule has 0 saturated heterocycles. The molecule has 0 aliphatic carbocycles. The fourth-order valence-corrected chi connectivity index (χ4v) is 2.81. The number of ether oxygens (including phenoxy) is 2. The highest BCUT2D eigenvalue weighted by molar-refractivity contribution is 6.03. The Labute approximate surface area is 163 Å². The predicted octanol–water partition coefficient (Wildman–Crippen LogP) is 4.11. The van der Waals surface area contributed by atoms with Crippen LogP contribution in [-0.2, 0) is 0 Å². The normalized spacial score (nSPS) is 11.1. The predicted molar refractivity (Wildman–Crippen MR) is 109 cm³/mol. The highest BCUT2D eigenvalue weighted by Crippen LogP contribution is 2.27. The van der Waals surface area contributed by atoms with E-state index < -0.39 is 5.91 Å². The van der Waals surface area contributed by atoms with Crippen molar-refractivity contribution in [3.63, 3.8) is 0 Å². The van der Waals surface area contributed by atoms with Crippen LogP contribution in [0.1, 0.15) is 29.8 Å². The summed E-state index contributed by atoms with van der Waals surface area (Å²) in [5.74, 6) is 0.437. The number of phenolic OH excluding ortho intramolecular Hbond substituents is 1. The maximum atomic E-state index is 12.3. The minimum Gasteiger partial charge on any atom is -0.507 e. The highest BCUT2D eigenvalue weighted by Gasteiger charge is 2.12. The number of methoxy groups -OCH3 is 1. The number of benzene rings is 3. The summed E-state index contributed by atoms with van der Waals surface area (Å²) in [6.07, 6.45) is 1.55. The number of carbonyl (C=O) groups is 1. The Morgan fingerprint density at radius 1 is 1.14 bits per heavy atom. The van der Waals surface area contributed by atoms with Gasteiger partial charge in [-0.15, -0.1) is 0 Å². The van der Waals surface area contributed by atoms with E-state index in [9.17, 15) is 9.90 Å². The number of hydrogen-bond donors (Lipinski definition) is 2. The SMILES string of the molecule is COc1ccc(C(=O)N/N=C\c2c(OC(C)C)ccc3ccccc23)c(O)c1. The molecule has 0 aliphatic heterocycles. The van der Waals surface area contributed by atoms with E-state index in [4.69, 9.17) is 9.47 Å². The van der Waals surface area contributed by atoms with Crippen molar-refractivity contribution >= 4 is 22.9 Å². The molecule has 0 saturated carbocycles. The van der Waals surface area contributed by atoms with Crippen LogP contribution in [0.25, 0.3) is 10.8 Å². The van der Waals surface area contributed by atoms with Crippen LogP contribution in [-0.4, -0.2) is 30.4 Å². The maximum Gasteiger partial charge on any atom is 0.275 e. The molecule has 28 heavy (non-hydrogen) atoms. The molecular formula is C22H22N2O4. The zero-order valence-electron chi connectivity index (χ0n) is 16.0. The van der Waals surface area contributed by atoms with Crippen molar-refractivity contribution in [2.75, 3.05) is 7.11 Å². The van der Waals surface area contributed by atoms with Gasteiger partial charge in [0.05, 0.1) is 25.0 Å². The van der Waals surface area contributed by atoms with Crippen LogP contribution in [0.3, 0.4) is 0 Å². The molecular weight excluding hydrogens is 356 g/mol. The first-order valence-corrected chi connectivity index (χ1v) is 8.88. The van der Waals surface area contributed by atoms with Crippen LogP contribution in [0.4, 0.5) is 0 Å². The minimum atomic E-state index is -0.525. The zero-order chi connectivity index (χ0) is 20.1. The van der Waals surface area contributed by atoms with Crippen molar-refractivity contribution in [3.8, 4) is 17.2 Å². The summed E-state index contributed by atoms with van der Waals surface area (Å²) in [5, 5.41) is 16.1. The maximum absolute atomic E-state index is 12.3. The van der Waals surface area contributed by atoms with Gasteiger partial charge in [0, 0.05) is 11.6 Å². The third kappa shape index (κ3) is 4.23. The second kappa shape index (κ2) is 8.43. The van der Waals surface area contributed by atoms with Gasteiger partial charge in [0.1, 0.15) is 17.2 Å². The Hall–Kier alpha value is -3.54. The van der Waals surface area contributed by atoms with Gasteiger partial charge in [-0.3, -0.25) is 4.79 Å². The average molecular weight is 378 g/mol. The second-order valence-electron chi connectivity index (χ2n) is 6.45. The number of phenols is 1. The number of aromatic hydroxyl groups is 1. The monoisotopic (exact) mass is 378 g/mol. The molecule has 0 spiro atoms. The lowest BCUT2D eigenvalue weighted by Crippen LogP contribution is -2.18. The first-order chi connectivity index (χ1) is 13.5. The lowest BCUT2D eigenvalue weighted by Gasteiger charge is -2.14. The molecule has 6 nitrogen and oxygen atoms in total. The Morgan fingerprint density at radius 2 is 1.93 bits per heavy atom. The third-order valence-corrected chi connectivity index (χ3v) is 4.10. The summed E-state index contributed by atoms with van der Waals surface area (Å²) >= 11 is 0. The van der Waals surface area contributed by atoms with Crippen molar-refractivity contribution in [1.82, 2.24) is 5.43 Å². The number of hydrazone groups is 1. The highest BCUT2D eigenvalue weighted by atomic mass is 16.5. The molecule has 0 atom stereocenters. The molecule has 144 valence electrons. The molecule has 0 aromatic heterocycles. The minimum absolute atomic E-state index is 0.000787. The largest absolute Gasteiger partial charge is 0.507 e. The topological polar surface area (TPSA) is 80.2 Å². The van der Waals surface area contributed by atoms with E-state index in [2.05, 4.69) is 10.5 Å². The van der Waals surface area contributed by atoms with E-state index in [0.717, 1.165) is 16.3 Å². The first-order valence-electron chi connectivity index (χ1n) is 8.88. The van der Waals surface area contributed by atoms with Crippen molar-refractivity contribution in [3.05, 3.63) is 65.7 Å². The van der Waals surface area contributed by atoms with E-state index in [0.29, 0.717) is 11.5 Å². The zero-order valence-corrected chi connectivity index (χ0v) is 16.0. The molecule has 0 aliphatic rings. The molecule has 0 heterocycles. The Balaban J connectivity index is 1.87. The third-order valence-electron chi connectivity index (χ3n) is 4.10. The van der Waals surface area contributed by atoms with Crippen molar-refractivity contribution < 1.29 is 19.4 Å². The Kier molecular flexibility index (Phi) is 5.79. The van der Waals surface area contributed by atoms with Crippen molar-refractivity contribution in [2.24, 2.45) is 5.10 Å². The summed E-state index contributed by atoms with van der Waals surface area (Å²) in [5.41, 5.74) is 3.32. The van der Waals surface area contributed by atoms with Crippen molar-refractivity contribution in [1.29, 1.82) is 0 Å². The van der Waals surface area contributed by atoms with Gasteiger partial charge < -0.3 is 14.6 Å². The molecule has 2 N–H and O–H groups in total. The molecule has 0 fully saturated rings. The van der Waals surface area contributed by atoms with Crippen LogP contribution in [0.15, 0.2) is 59.7 Å². The molecule has 3 aromatic carbocycles. The number of amides is 1. The quantitative estimate of drug-likeness (QED) is 0.500. The van der Waals surface area contributed by atoms with Gasteiger partial charge in [-0.05, 0) is 42.8 Å². The number of nitrogens with zero attached hydrogens (tertiary/aromatic N) is 1. The summed E-state index contributed by atoms with van der Waals surface area (Å²) in [4.78, 5) is 12.3. The van der Waals surface area contributed by atoms with Gasteiger partial charge in [-0.1, -0.05) is 30.3 Å². The van der Waals surface area contributed by atoms with E-state index in [1.54, 1.807) is 12.3 Å². The standard InChI is InChI=1S/C22H22N2O4/c1-14(2)28-21-11-8-15-6-4-5-7-17(15)19(21)13-23-24-22(26)18-10-9-16(27-3)12-20(18)25/h4-14,25H,1-3H3,(H,24,26)/b23-13-. The number of carbonyl (C=O) groups excluding carboxylic acids is 1. The summed E-state index contributed by atoms with van der Waals surface area (Å²) in [6.45, 7) is 3.90. The van der Waals surface area contributed by atoms with Gasteiger partial charge in [-0.25, -0.2) is 5.43 Å². The molecule has 3 aromatic rings.